The van der Waals surface area contributed by atoms with Crippen LogP contribution in [0.1, 0.15) is 19.3 Å². The summed E-state index contributed by atoms with van der Waals surface area (Å²) in [5, 5.41) is 10.7. The first-order valence-electron chi connectivity index (χ1n) is 6.30. The van der Waals surface area contributed by atoms with Gasteiger partial charge in [-0.25, -0.2) is 0 Å². The van der Waals surface area contributed by atoms with Crippen LogP contribution in [0.4, 0.5) is 0 Å². The first-order chi connectivity index (χ1) is 7.43. The largest absolute Gasteiger partial charge is 0.313 e. The Morgan fingerprint density at radius 2 is 2.20 bits per heavy atom. The lowest BCUT2D eigenvalue weighted by atomic mass is 9.82. The summed E-state index contributed by atoms with van der Waals surface area (Å²) in [5.74, 6) is 1.66. The van der Waals surface area contributed by atoms with E-state index in [0.29, 0.717) is 6.17 Å². The smallest absolute Gasteiger partial charge is 0.0601 e. The highest BCUT2D eigenvalue weighted by molar-refractivity contribution is 5.14. The fraction of sp³-hybridized carbons (Fsp3) is 0.833. The van der Waals surface area contributed by atoms with Crippen molar-refractivity contribution in [3.63, 3.8) is 0 Å². The third-order valence-electron chi connectivity index (χ3n) is 4.10. The van der Waals surface area contributed by atoms with Crippen molar-refractivity contribution >= 4 is 0 Å². The molecule has 0 amide bonds. The maximum atomic E-state index is 3.65. The summed E-state index contributed by atoms with van der Waals surface area (Å²) in [6.07, 6.45) is 7.04. The maximum Gasteiger partial charge on any atom is 0.0601 e. The molecule has 0 aromatic rings. The van der Waals surface area contributed by atoms with Gasteiger partial charge in [0.25, 0.3) is 0 Å². The van der Waals surface area contributed by atoms with E-state index in [1.165, 1.54) is 32.4 Å². The van der Waals surface area contributed by atoms with Gasteiger partial charge in [-0.2, -0.15) is 0 Å². The molecular weight excluding hydrogens is 186 g/mol. The van der Waals surface area contributed by atoms with Gasteiger partial charge in [-0.05, 0) is 44.2 Å². The average molecular weight is 207 g/mol. The van der Waals surface area contributed by atoms with Crippen molar-refractivity contribution in [2.45, 2.75) is 25.4 Å². The third-order valence-corrected chi connectivity index (χ3v) is 4.10. The molecule has 0 aliphatic carbocycles. The molecule has 84 valence electrons. The number of nitrogens with one attached hydrogen (secondary N) is 3. The molecule has 3 atom stereocenters. The van der Waals surface area contributed by atoms with E-state index in [2.05, 4.69) is 22.0 Å². The molecule has 0 bridgehead atoms. The second kappa shape index (κ2) is 4.24. The van der Waals surface area contributed by atoms with Crippen LogP contribution in [0.2, 0.25) is 0 Å². The van der Waals surface area contributed by atoms with Gasteiger partial charge >= 0.3 is 0 Å². The maximum absolute atomic E-state index is 3.65. The predicted molar refractivity (Wildman–Crippen MR) is 61.6 cm³/mol. The van der Waals surface area contributed by atoms with Gasteiger partial charge in [0.2, 0.25) is 0 Å². The minimum Gasteiger partial charge on any atom is -0.313 e. The topological polar surface area (TPSA) is 36.1 Å². The summed E-state index contributed by atoms with van der Waals surface area (Å²) in [6, 6.07) is 0. The Labute approximate surface area is 91.7 Å². The predicted octanol–water partition coefficient (Wildman–Crippen LogP) is 0.451. The van der Waals surface area contributed by atoms with Crippen LogP contribution in [0, 0.1) is 11.8 Å². The van der Waals surface area contributed by atoms with Crippen molar-refractivity contribution in [3.05, 3.63) is 11.6 Å². The van der Waals surface area contributed by atoms with Crippen LogP contribution in [0.25, 0.3) is 0 Å². The number of rotatable bonds is 1. The fourth-order valence-corrected chi connectivity index (χ4v) is 3.23. The van der Waals surface area contributed by atoms with Gasteiger partial charge < -0.3 is 16.0 Å². The molecule has 3 heteroatoms. The Balaban J connectivity index is 1.65. The lowest BCUT2D eigenvalue weighted by Crippen LogP contribution is -2.49. The van der Waals surface area contributed by atoms with Crippen molar-refractivity contribution in [1.82, 2.24) is 16.0 Å². The van der Waals surface area contributed by atoms with E-state index in [1.54, 1.807) is 5.57 Å². The van der Waals surface area contributed by atoms with Gasteiger partial charge in [0.05, 0.1) is 6.17 Å². The molecular formula is C12H21N3. The molecule has 3 aliphatic rings. The molecule has 3 heterocycles. The second-order valence-corrected chi connectivity index (χ2v) is 5.07. The Kier molecular flexibility index (Phi) is 2.77. The summed E-state index contributed by atoms with van der Waals surface area (Å²) >= 11 is 0. The lowest BCUT2D eigenvalue weighted by molar-refractivity contribution is 0.250. The van der Waals surface area contributed by atoms with Gasteiger partial charge in [-0.1, -0.05) is 11.6 Å². The Morgan fingerprint density at radius 1 is 1.20 bits per heavy atom. The van der Waals surface area contributed by atoms with Gasteiger partial charge in [-0.3, -0.25) is 0 Å². The van der Waals surface area contributed by atoms with Crippen LogP contribution in [0.5, 0.6) is 0 Å². The van der Waals surface area contributed by atoms with Crippen LogP contribution in [-0.4, -0.2) is 32.3 Å². The molecule has 3 N–H and O–H groups in total. The number of hydrogen-bond donors (Lipinski definition) is 3. The van der Waals surface area contributed by atoms with E-state index >= 15 is 0 Å². The molecule has 3 unspecified atom stereocenters. The lowest BCUT2D eigenvalue weighted by Gasteiger charge is -2.35. The average Bonchev–Trinajstić information content (AvgIpc) is 2.77. The van der Waals surface area contributed by atoms with Crippen molar-refractivity contribution in [3.8, 4) is 0 Å². The van der Waals surface area contributed by atoms with E-state index in [4.69, 9.17) is 0 Å². The van der Waals surface area contributed by atoms with Crippen LogP contribution in [0.15, 0.2) is 11.6 Å². The standard InChI is InChI=1S/C12H21N3/c1-2-10(7-13-4-1)11-6-9-3-5-14-12(9)15-8-11/h2,9,11-15H,1,3-8H2. The van der Waals surface area contributed by atoms with Crippen molar-refractivity contribution in [2.24, 2.45) is 11.8 Å². The zero-order chi connectivity index (χ0) is 10.1. The zero-order valence-electron chi connectivity index (χ0n) is 9.26. The summed E-state index contributed by atoms with van der Waals surface area (Å²) in [5.41, 5.74) is 1.65. The first kappa shape index (κ1) is 9.82. The van der Waals surface area contributed by atoms with Crippen molar-refractivity contribution < 1.29 is 0 Å². The fourth-order valence-electron chi connectivity index (χ4n) is 3.23. The second-order valence-electron chi connectivity index (χ2n) is 5.07. The molecule has 0 saturated carbocycles. The molecule has 0 aromatic carbocycles. The monoisotopic (exact) mass is 207 g/mol. The first-order valence-corrected chi connectivity index (χ1v) is 6.30. The SMILES string of the molecule is C1=C(C2CNC3NCCC3C2)CNCC1. The molecule has 0 aromatic heterocycles. The molecule has 3 rings (SSSR count). The van der Waals surface area contributed by atoms with E-state index < -0.39 is 0 Å². The Morgan fingerprint density at radius 3 is 3.07 bits per heavy atom. The molecule has 2 saturated heterocycles. The number of fused-ring (bicyclic) bond motifs is 1. The van der Waals surface area contributed by atoms with Gasteiger partial charge in [-0.15, -0.1) is 0 Å². The molecule has 3 nitrogen and oxygen atoms in total. The Hall–Kier alpha value is -0.380. The van der Waals surface area contributed by atoms with E-state index in [9.17, 15) is 0 Å². The van der Waals surface area contributed by atoms with Crippen molar-refractivity contribution in [1.29, 1.82) is 0 Å². The van der Waals surface area contributed by atoms with Crippen LogP contribution in [0.3, 0.4) is 0 Å². The third kappa shape index (κ3) is 1.96. The molecule has 15 heavy (non-hydrogen) atoms. The van der Waals surface area contributed by atoms with E-state index in [-0.39, 0.29) is 0 Å². The molecule has 0 spiro atoms. The van der Waals surface area contributed by atoms with Crippen molar-refractivity contribution in [2.75, 3.05) is 26.2 Å². The highest BCUT2D eigenvalue weighted by Gasteiger charge is 2.34. The minimum absolute atomic E-state index is 0.610. The summed E-state index contributed by atoms with van der Waals surface area (Å²) < 4.78 is 0. The van der Waals surface area contributed by atoms with Crippen LogP contribution in [-0.2, 0) is 0 Å². The van der Waals surface area contributed by atoms with Gasteiger partial charge in [0.15, 0.2) is 0 Å². The normalized spacial score (nSPS) is 41.1. The number of piperidine rings is 1. The van der Waals surface area contributed by atoms with Crippen LogP contribution >= 0.6 is 0 Å². The van der Waals surface area contributed by atoms with E-state index in [0.717, 1.165) is 24.9 Å². The highest BCUT2D eigenvalue weighted by Crippen LogP contribution is 2.30. The Bertz CT molecular complexity index is 262. The van der Waals surface area contributed by atoms with Gasteiger partial charge in [0, 0.05) is 13.1 Å². The molecule has 2 fully saturated rings. The number of hydrogen-bond acceptors (Lipinski definition) is 3. The quantitative estimate of drug-likeness (QED) is 0.546. The minimum atomic E-state index is 0.610. The zero-order valence-corrected chi connectivity index (χ0v) is 9.26. The summed E-state index contributed by atoms with van der Waals surface area (Å²) in [7, 11) is 0. The summed E-state index contributed by atoms with van der Waals surface area (Å²) in [6.45, 7) is 4.66. The molecule has 0 radical (unpaired) electrons. The molecule has 3 aliphatic heterocycles. The highest BCUT2D eigenvalue weighted by atomic mass is 15.2. The van der Waals surface area contributed by atoms with E-state index in [1.807, 2.05) is 0 Å². The summed E-state index contributed by atoms with van der Waals surface area (Å²) in [4.78, 5) is 0. The van der Waals surface area contributed by atoms with Gasteiger partial charge in [0.1, 0.15) is 0 Å². The van der Waals surface area contributed by atoms with Crippen LogP contribution < -0.4 is 16.0 Å².